The summed E-state index contributed by atoms with van der Waals surface area (Å²) in [7, 11) is 0. The van der Waals surface area contributed by atoms with Gasteiger partial charge < -0.3 is 15.0 Å². The SMILES string of the molecule is CCOC(=O)c1cc2n(n1)CC(C)(C(=O)NCc1ccccc1)N(Cc1cccc(Br)c1)C2=O. The number of hydrogen-bond donors (Lipinski definition) is 1. The molecular formula is C25H25BrN4O4. The molecule has 9 heteroatoms. The minimum absolute atomic E-state index is 0.0431. The fourth-order valence-electron chi connectivity index (χ4n) is 3.98. The maximum atomic E-state index is 13.6. The lowest BCUT2D eigenvalue weighted by Crippen LogP contribution is -2.63. The first-order valence-electron chi connectivity index (χ1n) is 11.0. The number of halogens is 1. The molecule has 2 amide bonds. The zero-order chi connectivity index (χ0) is 24.3. The Kier molecular flexibility index (Phi) is 6.83. The van der Waals surface area contributed by atoms with Crippen molar-refractivity contribution in [3.63, 3.8) is 0 Å². The third-order valence-corrected chi connectivity index (χ3v) is 6.29. The first-order chi connectivity index (χ1) is 16.3. The van der Waals surface area contributed by atoms with Gasteiger partial charge in [-0.2, -0.15) is 5.10 Å². The fourth-order valence-corrected chi connectivity index (χ4v) is 4.43. The van der Waals surface area contributed by atoms with Gasteiger partial charge in [0.1, 0.15) is 11.2 Å². The van der Waals surface area contributed by atoms with Crippen molar-refractivity contribution in [1.29, 1.82) is 0 Å². The lowest BCUT2D eigenvalue weighted by molar-refractivity contribution is -0.133. The molecule has 0 spiro atoms. The first-order valence-corrected chi connectivity index (χ1v) is 11.7. The van der Waals surface area contributed by atoms with E-state index in [-0.39, 0.29) is 42.9 Å². The number of hydrogen-bond acceptors (Lipinski definition) is 5. The molecule has 1 unspecified atom stereocenters. The topological polar surface area (TPSA) is 93.5 Å². The van der Waals surface area contributed by atoms with Crippen LogP contribution >= 0.6 is 15.9 Å². The van der Waals surface area contributed by atoms with Gasteiger partial charge in [0.2, 0.25) is 5.91 Å². The highest BCUT2D eigenvalue weighted by Gasteiger charge is 2.48. The molecule has 0 fully saturated rings. The second-order valence-electron chi connectivity index (χ2n) is 8.26. The minimum Gasteiger partial charge on any atom is -0.461 e. The summed E-state index contributed by atoms with van der Waals surface area (Å²) in [4.78, 5) is 40.9. The van der Waals surface area contributed by atoms with Crippen molar-refractivity contribution in [1.82, 2.24) is 20.0 Å². The average molecular weight is 525 g/mol. The van der Waals surface area contributed by atoms with E-state index in [0.29, 0.717) is 6.54 Å². The summed E-state index contributed by atoms with van der Waals surface area (Å²) in [6.45, 7) is 4.26. The van der Waals surface area contributed by atoms with Gasteiger partial charge in [-0.3, -0.25) is 14.3 Å². The van der Waals surface area contributed by atoms with Crippen LogP contribution in [-0.4, -0.2) is 44.6 Å². The molecule has 1 N–H and O–H groups in total. The number of carbonyl (C=O) groups excluding carboxylic acids is 3. The number of amides is 2. The second-order valence-corrected chi connectivity index (χ2v) is 9.17. The van der Waals surface area contributed by atoms with Crippen molar-refractivity contribution < 1.29 is 19.1 Å². The fraction of sp³-hybridized carbons (Fsp3) is 0.280. The van der Waals surface area contributed by atoms with Crippen molar-refractivity contribution in [3.05, 3.63) is 87.7 Å². The van der Waals surface area contributed by atoms with Crippen LogP contribution in [0.15, 0.2) is 65.1 Å². The van der Waals surface area contributed by atoms with E-state index in [1.54, 1.807) is 18.7 Å². The summed E-state index contributed by atoms with van der Waals surface area (Å²) < 4.78 is 7.34. The molecule has 1 aliphatic rings. The van der Waals surface area contributed by atoms with Crippen molar-refractivity contribution in [2.45, 2.75) is 39.0 Å². The Morgan fingerprint density at radius 3 is 2.56 bits per heavy atom. The summed E-state index contributed by atoms with van der Waals surface area (Å²) in [5.41, 5.74) is 0.861. The van der Waals surface area contributed by atoms with Crippen LogP contribution < -0.4 is 5.32 Å². The van der Waals surface area contributed by atoms with Crippen molar-refractivity contribution in [2.75, 3.05) is 6.61 Å². The van der Waals surface area contributed by atoms with E-state index in [1.807, 2.05) is 54.6 Å². The Balaban J connectivity index is 1.68. The molecular weight excluding hydrogens is 500 g/mol. The quantitative estimate of drug-likeness (QED) is 0.477. The molecule has 1 aliphatic heterocycles. The van der Waals surface area contributed by atoms with Gasteiger partial charge in [0, 0.05) is 23.6 Å². The third-order valence-electron chi connectivity index (χ3n) is 5.80. The highest BCUT2D eigenvalue weighted by atomic mass is 79.9. The molecule has 0 aliphatic carbocycles. The molecule has 1 atom stereocenters. The zero-order valence-electron chi connectivity index (χ0n) is 19.0. The number of ether oxygens (including phenoxy) is 1. The summed E-state index contributed by atoms with van der Waals surface area (Å²) in [6, 6.07) is 18.6. The number of aromatic nitrogens is 2. The molecule has 0 bridgehead atoms. The summed E-state index contributed by atoms with van der Waals surface area (Å²) >= 11 is 3.46. The number of nitrogens with zero attached hydrogens (tertiary/aromatic N) is 3. The minimum atomic E-state index is -1.24. The Hall–Kier alpha value is -3.46. The monoisotopic (exact) mass is 524 g/mol. The number of carbonyl (C=O) groups is 3. The van der Waals surface area contributed by atoms with Crippen molar-refractivity contribution >= 4 is 33.7 Å². The Morgan fingerprint density at radius 2 is 1.85 bits per heavy atom. The van der Waals surface area contributed by atoms with Crippen LogP contribution in [0.3, 0.4) is 0 Å². The van der Waals surface area contributed by atoms with Crippen LogP contribution in [0.5, 0.6) is 0 Å². The molecule has 2 aromatic carbocycles. The molecule has 8 nitrogen and oxygen atoms in total. The third kappa shape index (κ3) is 4.75. The predicted molar refractivity (Wildman–Crippen MR) is 129 cm³/mol. The highest BCUT2D eigenvalue weighted by Crippen LogP contribution is 2.30. The van der Waals surface area contributed by atoms with E-state index < -0.39 is 11.5 Å². The molecule has 0 saturated heterocycles. The van der Waals surface area contributed by atoms with Crippen LogP contribution in [0.1, 0.15) is 46.0 Å². The molecule has 4 rings (SSSR count). The van der Waals surface area contributed by atoms with Crippen LogP contribution in [0.2, 0.25) is 0 Å². The second kappa shape index (κ2) is 9.80. The van der Waals surface area contributed by atoms with Gasteiger partial charge in [-0.15, -0.1) is 0 Å². The molecule has 2 heterocycles. The van der Waals surface area contributed by atoms with Crippen molar-refractivity contribution in [2.24, 2.45) is 0 Å². The standard InChI is InChI=1S/C25H25BrN4O4/c1-3-34-23(32)20-13-21-22(31)29(15-18-10-7-11-19(26)12-18)25(2,16-30(21)28-20)24(33)27-14-17-8-5-4-6-9-17/h4-13H,3,14-16H2,1-2H3,(H,27,33). The number of esters is 1. The van der Waals surface area contributed by atoms with Crippen molar-refractivity contribution in [3.8, 4) is 0 Å². The van der Waals surface area contributed by atoms with E-state index in [9.17, 15) is 14.4 Å². The van der Waals surface area contributed by atoms with Gasteiger partial charge in [-0.05, 0) is 37.1 Å². The number of fused-ring (bicyclic) bond motifs is 1. The van der Waals surface area contributed by atoms with Crippen LogP contribution in [0.4, 0.5) is 0 Å². The zero-order valence-corrected chi connectivity index (χ0v) is 20.5. The molecule has 0 radical (unpaired) electrons. The first kappa shape index (κ1) is 23.7. The predicted octanol–water partition coefficient (Wildman–Crippen LogP) is 3.55. The number of rotatable bonds is 7. The van der Waals surface area contributed by atoms with E-state index in [4.69, 9.17) is 4.74 Å². The van der Waals surface area contributed by atoms with Gasteiger partial charge in [-0.25, -0.2) is 4.79 Å². The van der Waals surface area contributed by atoms with E-state index in [1.165, 1.54) is 10.7 Å². The van der Waals surface area contributed by atoms with Crippen LogP contribution in [0, 0.1) is 0 Å². The highest BCUT2D eigenvalue weighted by molar-refractivity contribution is 9.10. The largest absolute Gasteiger partial charge is 0.461 e. The molecule has 176 valence electrons. The average Bonchev–Trinajstić information content (AvgIpc) is 3.25. The smallest absolute Gasteiger partial charge is 0.358 e. The Bertz CT molecular complexity index is 1230. The summed E-state index contributed by atoms with van der Waals surface area (Å²) in [5.74, 6) is -1.30. The number of benzene rings is 2. The van der Waals surface area contributed by atoms with Gasteiger partial charge in [0.15, 0.2) is 5.69 Å². The lowest BCUT2D eigenvalue weighted by atomic mass is 9.94. The van der Waals surface area contributed by atoms with E-state index in [0.717, 1.165) is 15.6 Å². The Morgan fingerprint density at radius 1 is 1.12 bits per heavy atom. The number of nitrogens with one attached hydrogen (secondary N) is 1. The van der Waals surface area contributed by atoms with Crippen LogP contribution in [-0.2, 0) is 29.2 Å². The van der Waals surface area contributed by atoms with E-state index in [2.05, 4.69) is 26.3 Å². The maximum Gasteiger partial charge on any atom is 0.358 e. The van der Waals surface area contributed by atoms with Gasteiger partial charge in [0.25, 0.3) is 5.91 Å². The van der Waals surface area contributed by atoms with Gasteiger partial charge >= 0.3 is 5.97 Å². The Labute approximate surface area is 206 Å². The van der Waals surface area contributed by atoms with Gasteiger partial charge in [0.05, 0.1) is 13.2 Å². The van der Waals surface area contributed by atoms with E-state index >= 15 is 0 Å². The lowest BCUT2D eigenvalue weighted by Gasteiger charge is -2.43. The normalized spacial score (nSPS) is 17.3. The summed E-state index contributed by atoms with van der Waals surface area (Å²) in [6.07, 6.45) is 0. The maximum absolute atomic E-state index is 13.6. The molecule has 1 aromatic heterocycles. The molecule has 34 heavy (non-hydrogen) atoms. The van der Waals surface area contributed by atoms with Gasteiger partial charge in [-0.1, -0.05) is 58.4 Å². The molecule has 0 saturated carbocycles. The van der Waals surface area contributed by atoms with Crippen LogP contribution in [0.25, 0.3) is 0 Å². The molecule has 3 aromatic rings. The summed E-state index contributed by atoms with van der Waals surface area (Å²) in [5, 5.41) is 7.24.